The molecule has 5 aromatic rings. The van der Waals surface area contributed by atoms with Gasteiger partial charge in [-0.2, -0.15) is 13.5 Å². The molecule has 2 heterocycles. The fourth-order valence-electron chi connectivity index (χ4n) is 3.65. The number of nitrogens with zero attached hydrogens (tertiary/aromatic N) is 5. The number of nitrogens with two attached hydrogens (primary N) is 1. The predicted octanol–water partition coefficient (Wildman–Crippen LogP) is 5.62. The fraction of sp³-hybridized carbons (Fsp3) is 0.0476. The molecule has 0 radical (unpaired) electrons. The van der Waals surface area contributed by atoms with Gasteiger partial charge < -0.3 is 5.73 Å². The van der Waals surface area contributed by atoms with Gasteiger partial charge in [-0.05, 0) is 37.3 Å². The van der Waals surface area contributed by atoms with Crippen LogP contribution in [-0.2, 0) is 19.5 Å². The minimum atomic E-state index is -4.43. The summed E-state index contributed by atoms with van der Waals surface area (Å²) in [5.74, 6) is 0.196. The lowest BCUT2D eigenvalue weighted by atomic mass is 10.1. The molecule has 36 heavy (non-hydrogen) atoms. The third-order valence-electron chi connectivity index (χ3n) is 5.17. The molecule has 0 saturated carbocycles. The van der Waals surface area contributed by atoms with Gasteiger partial charge in [-0.25, -0.2) is 14.9 Å². The van der Waals surface area contributed by atoms with E-state index >= 15 is 0 Å². The summed E-state index contributed by atoms with van der Waals surface area (Å²) < 4.78 is 40.0. The summed E-state index contributed by atoms with van der Waals surface area (Å²) >= 11 is 2.14. The van der Waals surface area contributed by atoms with Crippen molar-refractivity contribution in [3.05, 3.63) is 60.3 Å². The van der Waals surface area contributed by atoms with Crippen LogP contribution in [-0.4, -0.2) is 33.0 Å². The number of aryl methyl sites for hydroxylation is 1. The van der Waals surface area contributed by atoms with Crippen molar-refractivity contribution in [1.82, 2.24) is 14.8 Å². The first-order valence-electron chi connectivity index (χ1n) is 10.1. The number of nitrogen functional groups attached to an aromatic ring is 1. The van der Waals surface area contributed by atoms with Crippen LogP contribution in [0.5, 0.6) is 0 Å². The second-order valence-corrected chi connectivity index (χ2v) is 10.6. The first-order chi connectivity index (χ1) is 17.3. The SMILES string of the molecule is Cc1nn(-c2ccc(S(=O)(=O)O)c3ccccc23)c(N)c1N=Nc1nc2cc(SOOO)ccc2s1. The van der Waals surface area contributed by atoms with E-state index in [1.165, 1.54) is 28.2 Å². The lowest BCUT2D eigenvalue weighted by molar-refractivity contribution is -0.432. The first-order valence-corrected chi connectivity index (χ1v) is 13.1. The van der Waals surface area contributed by atoms with Crippen LogP contribution in [0.15, 0.2) is 74.6 Å². The number of rotatable bonds is 7. The van der Waals surface area contributed by atoms with Crippen LogP contribution in [0.25, 0.3) is 26.7 Å². The molecule has 4 N–H and O–H groups in total. The molecule has 2 aromatic heterocycles. The number of anilines is 1. The molecule has 0 aliphatic rings. The van der Waals surface area contributed by atoms with Crippen molar-refractivity contribution in [3.63, 3.8) is 0 Å². The van der Waals surface area contributed by atoms with Gasteiger partial charge in [-0.3, -0.25) is 4.55 Å². The molecule has 0 aliphatic carbocycles. The Bertz CT molecular complexity index is 1750. The highest BCUT2D eigenvalue weighted by molar-refractivity contribution is 7.94. The van der Waals surface area contributed by atoms with Crippen molar-refractivity contribution in [2.45, 2.75) is 16.7 Å². The number of fused-ring (bicyclic) bond motifs is 2. The van der Waals surface area contributed by atoms with Gasteiger partial charge in [0.1, 0.15) is 4.90 Å². The van der Waals surface area contributed by atoms with Crippen LogP contribution in [0.4, 0.5) is 16.6 Å². The van der Waals surface area contributed by atoms with E-state index in [-0.39, 0.29) is 10.7 Å². The van der Waals surface area contributed by atoms with Gasteiger partial charge in [-0.1, -0.05) is 40.6 Å². The number of thiazole rings is 1. The summed E-state index contributed by atoms with van der Waals surface area (Å²) in [5.41, 5.74) is 8.38. The van der Waals surface area contributed by atoms with Crippen molar-refractivity contribution in [1.29, 1.82) is 0 Å². The second-order valence-electron chi connectivity index (χ2n) is 7.39. The minimum absolute atomic E-state index is 0.196. The molecule has 15 heteroatoms. The summed E-state index contributed by atoms with van der Waals surface area (Å²) in [6.45, 7) is 1.72. The highest BCUT2D eigenvalue weighted by Gasteiger charge is 2.20. The molecule has 0 saturated heterocycles. The third-order valence-corrected chi connectivity index (χ3v) is 7.58. The van der Waals surface area contributed by atoms with Gasteiger partial charge >= 0.3 is 0 Å². The van der Waals surface area contributed by atoms with Gasteiger partial charge in [0, 0.05) is 15.7 Å². The molecule has 5 rings (SSSR count). The molecule has 0 unspecified atom stereocenters. The van der Waals surface area contributed by atoms with Crippen LogP contribution in [0.3, 0.4) is 0 Å². The molecule has 0 spiro atoms. The highest BCUT2D eigenvalue weighted by Crippen LogP contribution is 2.36. The van der Waals surface area contributed by atoms with Crippen molar-refractivity contribution >= 4 is 71.1 Å². The molecule has 0 fully saturated rings. The van der Waals surface area contributed by atoms with Gasteiger partial charge in [0.05, 0.1) is 33.6 Å². The minimum Gasteiger partial charge on any atom is -0.382 e. The maximum Gasteiger partial charge on any atom is 0.295 e. The monoisotopic (exact) mass is 544 g/mol. The van der Waals surface area contributed by atoms with Crippen molar-refractivity contribution < 1.29 is 27.6 Å². The van der Waals surface area contributed by atoms with Crippen LogP contribution < -0.4 is 5.73 Å². The van der Waals surface area contributed by atoms with Crippen molar-refractivity contribution in [2.75, 3.05) is 5.73 Å². The van der Waals surface area contributed by atoms with E-state index in [0.717, 1.165) is 16.7 Å². The van der Waals surface area contributed by atoms with E-state index < -0.39 is 10.1 Å². The average Bonchev–Trinajstić information content (AvgIpc) is 3.39. The van der Waals surface area contributed by atoms with Gasteiger partial charge in [0.25, 0.3) is 10.1 Å². The summed E-state index contributed by atoms with van der Waals surface area (Å²) in [5, 5.41) is 26.1. The number of benzene rings is 3. The molecule has 184 valence electrons. The summed E-state index contributed by atoms with van der Waals surface area (Å²) in [7, 11) is -4.43. The molecule has 12 nitrogen and oxygen atoms in total. The fourth-order valence-corrected chi connectivity index (χ4v) is 5.50. The van der Waals surface area contributed by atoms with E-state index in [9.17, 15) is 13.0 Å². The molecule has 0 atom stereocenters. The topological polar surface area (TPSA) is 175 Å². The summed E-state index contributed by atoms with van der Waals surface area (Å²) in [6.07, 6.45) is 0. The Balaban J connectivity index is 1.52. The number of azo groups is 1. The van der Waals surface area contributed by atoms with E-state index in [2.05, 4.69) is 29.7 Å². The van der Waals surface area contributed by atoms with E-state index in [1.807, 2.05) is 6.07 Å². The lowest BCUT2D eigenvalue weighted by Gasteiger charge is -2.11. The number of aromatic nitrogens is 3. The van der Waals surface area contributed by atoms with Gasteiger partial charge in [0.15, 0.2) is 11.5 Å². The van der Waals surface area contributed by atoms with Gasteiger partial charge in [-0.15, -0.1) is 14.6 Å². The molecule has 0 amide bonds. The van der Waals surface area contributed by atoms with E-state index in [0.29, 0.717) is 43.4 Å². The molecule has 0 bridgehead atoms. The zero-order valence-corrected chi connectivity index (χ0v) is 20.7. The van der Waals surface area contributed by atoms with Gasteiger partial charge in [0.2, 0.25) is 5.13 Å². The normalized spacial score (nSPS) is 12.3. The molecule has 3 aromatic carbocycles. The standard InChI is InChI=1S/C21H16N6O6S3/c1-11-19(24-25-21-23-15-10-12(35-33-32-28)6-8-17(15)34-21)20(22)27(26-11)16-7-9-18(36(29,30)31)14-5-3-2-4-13(14)16/h2-10,28H,22H2,1H3,(H,29,30,31). The Labute approximate surface area is 211 Å². The molecule has 0 aliphatic heterocycles. The Morgan fingerprint density at radius 2 is 1.89 bits per heavy atom. The number of hydrogen-bond donors (Lipinski definition) is 3. The smallest absolute Gasteiger partial charge is 0.295 e. The largest absolute Gasteiger partial charge is 0.382 e. The number of hydrogen-bond acceptors (Lipinski definition) is 12. The van der Waals surface area contributed by atoms with Crippen LogP contribution in [0.2, 0.25) is 0 Å². The Kier molecular flexibility index (Phi) is 6.44. The predicted molar refractivity (Wildman–Crippen MR) is 134 cm³/mol. The molecular weight excluding hydrogens is 528 g/mol. The van der Waals surface area contributed by atoms with Crippen LogP contribution in [0.1, 0.15) is 5.69 Å². The average molecular weight is 545 g/mol. The highest BCUT2D eigenvalue weighted by atomic mass is 32.2. The quantitative estimate of drug-likeness (QED) is 0.0767. The summed E-state index contributed by atoms with van der Waals surface area (Å²) in [6, 6.07) is 14.9. The Morgan fingerprint density at radius 1 is 1.11 bits per heavy atom. The third kappa shape index (κ3) is 4.56. The summed E-state index contributed by atoms with van der Waals surface area (Å²) in [4.78, 5) is 4.89. The van der Waals surface area contributed by atoms with E-state index in [4.69, 9.17) is 11.0 Å². The van der Waals surface area contributed by atoms with E-state index in [1.54, 1.807) is 43.3 Å². The Hall–Kier alpha value is -3.44. The first kappa shape index (κ1) is 24.3. The van der Waals surface area contributed by atoms with Crippen molar-refractivity contribution in [2.24, 2.45) is 10.2 Å². The maximum absolute atomic E-state index is 11.8. The lowest BCUT2D eigenvalue weighted by Crippen LogP contribution is -2.05. The van der Waals surface area contributed by atoms with Crippen molar-refractivity contribution in [3.8, 4) is 5.69 Å². The molecular formula is C21H16N6O6S3. The Morgan fingerprint density at radius 3 is 2.64 bits per heavy atom. The second kappa shape index (κ2) is 9.55. The van der Waals surface area contributed by atoms with Crippen LogP contribution >= 0.6 is 23.4 Å². The zero-order valence-electron chi connectivity index (χ0n) is 18.3. The maximum atomic E-state index is 11.8. The zero-order chi connectivity index (χ0) is 25.4. The van der Waals surface area contributed by atoms with Crippen LogP contribution in [0, 0.1) is 6.92 Å².